The highest BCUT2D eigenvalue weighted by Crippen LogP contribution is 2.38. The van der Waals surface area contributed by atoms with E-state index in [2.05, 4.69) is 69.2 Å². The summed E-state index contributed by atoms with van der Waals surface area (Å²) in [6.07, 6.45) is 1.85. The predicted octanol–water partition coefficient (Wildman–Crippen LogP) is 4.84. The van der Waals surface area contributed by atoms with Crippen LogP contribution in [-0.2, 0) is 24.1 Å². The van der Waals surface area contributed by atoms with Gasteiger partial charge in [0.1, 0.15) is 22.3 Å². The van der Waals surface area contributed by atoms with Gasteiger partial charge in [0, 0.05) is 111 Å². The minimum absolute atomic E-state index is 0. The molecule has 3 saturated heterocycles. The molecular weight excluding hydrogens is 1100 g/mol. The third-order valence-electron chi connectivity index (χ3n) is 15.0. The molecule has 4 amide bonds. The Balaban J connectivity index is 0.000000164. The molecule has 3 aromatic carbocycles. The van der Waals surface area contributed by atoms with Crippen LogP contribution in [0.5, 0.6) is 0 Å². The third kappa shape index (κ3) is 12.3. The van der Waals surface area contributed by atoms with Crippen molar-refractivity contribution in [1.82, 2.24) is 39.2 Å². The number of nitrogens with zero attached hydrogens (tertiary/aromatic N) is 8. The molecule has 23 heteroatoms. The Morgan fingerprint density at radius 1 is 0.690 bits per heavy atom. The molecule has 3 aromatic heterocycles. The number of carbonyl (C=O) groups excluding carboxylic acids is 4. The Morgan fingerprint density at radius 2 is 1.19 bits per heavy atom. The van der Waals surface area contributed by atoms with E-state index in [0.29, 0.717) is 69.7 Å². The maximum absolute atomic E-state index is 14.2. The third-order valence-corrected chi connectivity index (χ3v) is 16.0. The molecule has 0 bridgehead atoms. The van der Waals surface area contributed by atoms with Crippen molar-refractivity contribution in [2.24, 2.45) is 17.2 Å². The maximum atomic E-state index is 14.2. The van der Waals surface area contributed by atoms with E-state index < -0.39 is 65.0 Å². The number of carbonyl (C=O) groups is 4. The van der Waals surface area contributed by atoms with Crippen molar-refractivity contribution in [2.45, 2.75) is 82.0 Å². The molecule has 1 aliphatic carbocycles. The number of aromatic nitrogens is 5. The number of likely N-dealkylation sites (N-methyl/N-ethyl adjacent to an activating group) is 3. The number of alkyl halides is 2. The van der Waals surface area contributed by atoms with Crippen molar-refractivity contribution < 1.29 is 47.7 Å². The Hall–Kier alpha value is -9.18. The number of benzene rings is 3. The van der Waals surface area contributed by atoms with Crippen LogP contribution in [-0.4, -0.2) is 148 Å². The zero-order valence-corrected chi connectivity index (χ0v) is 46.7. The topological polar surface area (TPSA) is 277 Å². The number of nitrogens with one attached hydrogen (secondary N) is 1. The fourth-order valence-electron chi connectivity index (χ4n) is 10.1. The zero-order chi connectivity index (χ0) is 59.9. The number of likely N-dealkylation sites (tertiary alicyclic amines) is 3. The number of nitrogens with two attached hydrogens (primary N) is 3. The lowest BCUT2D eigenvalue weighted by Gasteiger charge is -2.19. The van der Waals surface area contributed by atoms with E-state index in [1.807, 2.05) is 48.2 Å². The second kappa shape index (κ2) is 23.6. The Bertz CT molecular complexity index is 3890. The normalized spacial score (nSPS) is 20.7. The number of amides is 4. The number of aryl methyl sites for hydroxylation is 1. The van der Waals surface area contributed by atoms with Gasteiger partial charge in [-0.05, 0) is 74.4 Å². The first kappa shape index (κ1) is 60.9. The van der Waals surface area contributed by atoms with Gasteiger partial charge in [-0.15, -0.1) is 11.3 Å². The molecule has 7 heterocycles. The fourth-order valence-corrected chi connectivity index (χ4v) is 11.0. The highest BCUT2D eigenvalue weighted by Gasteiger charge is 2.44. The molecule has 3 fully saturated rings. The van der Waals surface area contributed by atoms with E-state index in [-0.39, 0.29) is 42.1 Å². The number of rotatable bonds is 6. The van der Waals surface area contributed by atoms with E-state index in [4.69, 9.17) is 17.2 Å². The summed E-state index contributed by atoms with van der Waals surface area (Å²) in [5, 5.41) is 43.9. The zero-order valence-electron chi connectivity index (χ0n) is 45.9. The van der Waals surface area contributed by atoms with Gasteiger partial charge in [-0.1, -0.05) is 68.2 Å². The molecule has 10 N–H and O–H groups in total. The van der Waals surface area contributed by atoms with Crippen LogP contribution >= 0.6 is 11.3 Å². The van der Waals surface area contributed by atoms with Gasteiger partial charge < -0.3 is 52.5 Å². The van der Waals surface area contributed by atoms with Crippen molar-refractivity contribution in [2.75, 3.05) is 52.6 Å². The van der Waals surface area contributed by atoms with Crippen LogP contribution in [0.3, 0.4) is 0 Å². The monoisotopic (exact) mass is 1160 g/mol. The Kier molecular flexibility index (Phi) is 17.1. The first-order valence-electron chi connectivity index (χ1n) is 26.2. The molecular formula is C61H63F3N12O7S. The summed E-state index contributed by atoms with van der Waals surface area (Å²) in [5.74, 6) is 12.0. The molecule has 0 spiro atoms. The van der Waals surface area contributed by atoms with Crippen molar-refractivity contribution in [1.29, 1.82) is 0 Å². The maximum Gasteiger partial charge on any atom is 0.269 e. The van der Waals surface area contributed by atoms with E-state index in [0.717, 1.165) is 59.9 Å². The van der Waals surface area contributed by atoms with E-state index in [1.54, 1.807) is 42.9 Å². The quantitative estimate of drug-likeness (QED) is 0.110. The standard InChI is InChI=1S/C21H20F2N4O2.C21H23N5O2.C18H16FN3O3S.CH4/c1-13-20(29,8-9-26(13)2)7-6-14-4-3-5-15(10-14)27-17-12-21(22,23)11-16(17)18(25-27)19(24)28;1-14-21(28,10-12-25(14)2)9-8-15-5-3-6-16(13-15)26-20-17(7-4-11-23-20)18(24-26)19(22)27;1-10-14(15(20)23)21-16(26-10)12-9-11(3-4-13(12)19)5-6-18(25)7-8-22(2)17(18)24;/h3-5,10,29H,1,8-9,11-12H2,2H3,(H2,24,28);3,5-6,13,23,28H,1,4,7,10-12H2,2H3,(H2,22,27);3-4,9,25H,7-8H2,1-2H3,(H2,20,23);1H4/t20-;21-;18-;/m000./s1. The molecule has 84 heavy (non-hydrogen) atoms. The van der Waals surface area contributed by atoms with Gasteiger partial charge in [-0.2, -0.15) is 10.2 Å². The molecule has 0 radical (unpaired) electrons. The van der Waals surface area contributed by atoms with Crippen molar-refractivity contribution in [3.63, 3.8) is 0 Å². The number of primary amides is 3. The summed E-state index contributed by atoms with van der Waals surface area (Å²) in [7, 11) is 5.33. The largest absolute Gasteiger partial charge is 0.375 e. The van der Waals surface area contributed by atoms with Crippen LogP contribution < -0.4 is 22.5 Å². The van der Waals surface area contributed by atoms with E-state index in [9.17, 15) is 47.7 Å². The van der Waals surface area contributed by atoms with Gasteiger partial charge in [0.15, 0.2) is 22.6 Å². The lowest BCUT2D eigenvalue weighted by Crippen LogP contribution is -2.37. The summed E-state index contributed by atoms with van der Waals surface area (Å²) < 4.78 is 45.1. The number of aliphatic hydroxyl groups is 3. The SMILES string of the molecule is C.C=C1N(C)CC[C@@]1(O)C#Cc1cccc(-n2nc(C(N)=O)c3c2CC(F)(F)C3)c1.C=C1N(C)CC[C@@]1(O)C#Cc1cccc(-n2nc(C(N)=O)c3c2NCCC3)c1.Cc1sc(-c2cc(C#C[C@]3(O)CCN(C)C3=O)ccc2F)nc1C(N)=O. The van der Waals surface area contributed by atoms with E-state index in [1.165, 1.54) is 27.8 Å². The second-order valence-electron chi connectivity index (χ2n) is 20.9. The smallest absolute Gasteiger partial charge is 0.269 e. The highest BCUT2D eigenvalue weighted by atomic mass is 32.1. The molecule has 6 aromatic rings. The van der Waals surface area contributed by atoms with Gasteiger partial charge in [-0.3, -0.25) is 19.2 Å². The Labute approximate surface area is 487 Å². The molecule has 436 valence electrons. The van der Waals surface area contributed by atoms with Gasteiger partial charge in [0.25, 0.3) is 29.6 Å². The minimum atomic E-state index is -2.94. The fraction of sp³-hybridized carbons (Fsp3) is 0.328. The second-order valence-corrected chi connectivity index (χ2v) is 22.1. The van der Waals surface area contributed by atoms with Crippen LogP contribution in [0, 0.1) is 48.3 Å². The Morgan fingerprint density at radius 3 is 1.70 bits per heavy atom. The number of anilines is 1. The number of hydrogen-bond donors (Lipinski definition) is 7. The number of thiazole rings is 1. The van der Waals surface area contributed by atoms with Crippen LogP contribution in [0.1, 0.15) is 103 Å². The molecule has 4 aliphatic heterocycles. The lowest BCUT2D eigenvalue weighted by atomic mass is 10.0. The summed E-state index contributed by atoms with van der Waals surface area (Å²) in [6.45, 7) is 12.1. The van der Waals surface area contributed by atoms with Crippen LogP contribution in [0.2, 0.25) is 0 Å². The molecule has 0 saturated carbocycles. The highest BCUT2D eigenvalue weighted by molar-refractivity contribution is 7.15. The summed E-state index contributed by atoms with van der Waals surface area (Å²) in [5.41, 5.74) is 17.8. The van der Waals surface area contributed by atoms with Gasteiger partial charge in [0.2, 0.25) is 5.60 Å². The number of halogens is 3. The average Bonchev–Trinajstić information content (AvgIpc) is 2.08. The first-order chi connectivity index (χ1) is 39.2. The summed E-state index contributed by atoms with van der Waals surface area (Å²) >= 11 is 1.15. The van der Waals surface area contributed by atoms with Crippen LogP contribution in [0.4, 0.5) is 19.0 Å². The lowest BCUT2D eigenvalue weighted by molar-refractivity contribution is -0.137. The van der Waals surface area contributed by atoms with Crippen LogP contribution in [0.25, 0.3) is 21.9 Å². The predicted molar refractivity (Wildman–Crippen MR) is 311 cm³/mol. The summed E-state index contributed by atoms with van der Waals surface area (Å²) in [6, 6.07) is 18.5. The van der Waals surface area contributed by atoms with Crippen molar-refractivity contribution in [3.05, 3.63) is 153 Å². The molecule has 0 unspecified atom stereocenters. The first-order valence-corrected chi connectivity index (χ1v) is 27.1. The average molecular weight is 1170 g/mol. The van der Waals surface area contributed by atoms with Gasteiger partial charge in [0.05, 0.1) is 34.9 Å². The summed E-state index contributed by atoms with van der Waals surface area (Å²) in [4.78, 5) is 56.6. The molecule has 19 nitrogen and oxygen atoms in total. The molecule has 3 atom stereocenters. The van der Waals surface area contributed by atoms with Crippen molar-refractivity contribution >= 4 is 40.8 Å². The van der Waals surface area contributed by atoms with Crippen molar-refractivity contribution in [3.8, 4) is 57.5 Å². The number of fused-ring (bicyclic) bond motifs is 2. The van der Waals surface area contributed by atoms with Gasteiger partial charge >= 0.3 is 0 Å². The van der Waals surface area contributed by atoms with Crippen LogP contribution in [0.15, 0.2) is 91.3 Å². The molecule has 11 rings (SSSR count). The van der Waals surface area contributed by atoms with E-state index >= 15 is 0 Å². The van der Waals surface area contributed by atoms with Gasteiger partial charge in [-0.25, -0.2) is 27.5 Å². The number of hydrogen-bond acceptors (Lipinski definition) is 14. The minimum Gasteiger partial charge on any atom is -0.375 e. The molecule has 5 aliphatic rings.